The lowest BCUT2D eigenvalue weighted by molar-refractivity contribution is 1.19. The summed E-state index contributed by atoms with van der Waals surface area (Å²) in [7, 11) is 0. The Labute approximate surface area is 132 Å². The Morgan fingerprint density at radius 3 is 2.89 bits per heavy atom. The summed E-state index contributed by atoms with van der Waals surface area (Å²) in [4.78, 5) is 5.86. The summed E-state index contributed by atoms with van der Waals surface area (Å²) in [5.41, 5.74) is 2.23. The fourth-order valence-electron chi connectivity index (χ4n) is 1.74. The summed E-state index contributed by atoms with van der Waals surface area (Å²) in [5.74, 6) is 0. The van der Waals surface area contributed by atoms with E-state index in [4.69, 9.17) is 0 Å². The van der Waals surface area contributed by atoms with Crippen LogP contribution in [0.25, 0.3) is 10.2 Å². The fraction of sp³-hybridized carbons (Fsp3) is 0.154. The van der Waals surface area contributed by atoms with Crippen LogP contribution in [0.4, 0.5) is 5.69 Å². The lowest BCUT2D eigenvalue weighted by Crippen LogP contribution is -1.96. The molecule has 0 atom stereocenters. The highest BCUT2D eigenvalue weighted by molar-refractivity contribution is 9.11. The van der Waals surface area contributed by atoms with Crippen molar-refractivity contribution in [3.05, 3.63) is 39.0 Å². The number of anilines is 1. The van der Waals surface area contributed by atoms with Crippen molar-refractivity contribution in [2.75, 3.05) is 11.6 Å². The van der Waals surface area contributed by atoms with Crippen LogP contribution < -0.4 is 5.32 Å². The van der Waals surface area contributed by atoms with Gasteiger partial charge in [-0.2, -0.15) is 0 Å². The van der Waals surface area contributed by atoms with E-state index in [1.165, 1.54) is 13.4 Å². The highest BCUT2D eigenvalue weighted by Gasteiger charge is 2.04. The molecule has 1 N–H and O–H groups in total. The van der Waals surface area contributed by atoms with Gasteiger partial charge in [0.15, 0.2) is 4.34 Å². The molecule has 2 heterocycles. The van der Waals surface area contributed by atoms with Gasteiger partial charge in [0.1, 0.15) is 0 Å². The van der Waals surface area contributed by atoms with Crippen molar-refractivity contribution >= 4 is 66.3 Å². The molecule has 3 rings (SSSR count). The van der Waals surface area contributed by atoms with Gasteiger partial charge >= 0.3 is 0 Å². The first-order chi connectivity index (χ1) is 9.24. The molecule has 0 bridgehead atoms. The first kappa shape index (κ1) is 13.4. The number of nitrogens with one attached hydrogen (secondary N) is 1. The number of nitrogens with zero attached hydrogens (tertiary/aromatic N) is 1. The van der Waals surface area contributed by atoms with Gasteiger partial charge < -0.3 is 5.32 Å². The van der Waals surface area contributed by atoms with E-state index in [0.29, 0.717) is 0 Å². The lowest BCUT2D eigenvalue weighted by Gasteiger charge is -2.04. The fourth-order valence-corrected chi connectivity index (χ4v) is 4.69. The van der Waals surface area contributed by atoms with Gasteiger partial charge in [-0.25, -0.2) is 4.98 Å². The number of thiazole rings is 1. The molecule has 98 valence electrons. The zero-order chi connectivity index (χ0) is 13.2. The van der Waals surface area contributed by atoms with E-state index in [0.717, 1.165) is 22.1 Å². The van der Waals surface area contributed by atoms with Gasteiger partial charge in [-0.05, 0) is 52.5 Å². The second kappa shape index (κ2) is 5.83. The average Bonchev–Trinajstić information content (AvgIpc) is 3.01. The van der Waals surface area contributed by atoms with Gasteiger partial charge in [0, 0.05) is 17.1 Å². The van der Waals surface area contributed by atoms with Gasteiger partial charge in [-0.3, -0.25) is 0 Å². The number of fused-ring (bicyclic) bond motifs is 1. The molecule has 1 aromatic carbocycles. The molecule has 2 aromatic heterocycles. The molecule has 0 fully saturated rings. The number of benzene rings is 1. The summed E-state index contributed by atoms with van der Waals surface area (Å²) in [6.07, 6.45) is 2.06. The number of thioether (sulfide) groups is 1. The molecule has 0 spiro atoms. The Morgan fingerprint density at radius 2 is 2.16 bits per heavy atom. The Bertz CT molecular complexity index is 705. The Balaban J connectivity index is 1.77. The van der Waals surface area contributed by atoms with Crippen LogP contribution >= 0.6 is 50.4 Å². The Morgan fingerprint density at radius 1 is 1.26 bits per heavy atom. The number of halogens is 1. The van der Waals surface area contributed by atoms with Crippen molar-refractivity contribution in [1.82, 2.24) is 4.98 Å². The van der Waals surface area contributed by atoms with E-state index in [2.05, 4.69) is 62.8 Å². The van der Waals surface area contributed by atoms with Crippen LogP contribution in [0.2, 0.25) is 0 Å². The van der Waals surface area contributed by atoms with E-state index >= 15 is 0 Å². The SMILES string of the molecule is CSc1nc2ccc(NCc3ccc(Br)s3)cc2s1. The molecule has 2 nitrogen and oxygen atoms in total. The molecule has 3 aromatic rings. The summed E-state index contributed by atoms with van der Waals surface area (Å²) in [6.45, 7) is 0.857. The lowest BCUT2D eigenvalue weighted by atomic mass is 10.3. The van der Waals surface area contributed by atoms with E-state index in [-0.39, 0.29) is 0 Å². The van der Waals surface area contributed by atoms with Gasteiger partial charge in [0.2, 0.25) is 0 Å². The zero-order valence-electron chi connectivity index (χ0n) is 10.1. The van der Waals surface area contributed by atoms with Crippen molar-refractivity contribution in [1.29, 1.82) is 0 Å². The second-order valence-corrected chi connectivity index (χ2v) is 8.56. The molecule has 19 heavy (non-hydrogen) atoms. The number of rotatable bonds is 4. The Kier molecular flexibility index (Phi) is 4.12. The van der Waals surface area contributed by atoms with E-state index in [9.17, 15) is 0 Å². The van der Waals surface area contributed by atoms with Crippen LogP contribution in [-0.2, 0) is 6.54 Å². The van der Waals surface area contributed by atoms with Crippen LogP contribution in [0, 0.1) is 0 Å². The van der Waals surface area contributed by atoms with E-state index in [1.54, 1.807) is 34.4 Å². The normalized spacial score (nSPS) is 11.1. The highest BCUT2D eigenvalue weighted by atomic mass is 79.9. The predicted octanol–water partition coefficient (Wildman–Crippen LogP) is 5.45. The molecular formula is C13H11BrN2S3. The van der Waals surface area contributed by atoms with Crippen molar-refractivity contribution < 1.29 is 0 Å². The summed E-state index contributed by atoms with van der Waals surface area (Å²) in [6, 6.07) is 10.6. The van der Waals surface area contributed by atoms with Crippen LogP contribution in [0.5, 0.6) is 0 Å². The smallest absolute Gasteiger partial charge is 0.150 e. The monoisotopic (exact) mass is 370 g/mol. The predicted molar refractivity (Wildman–Crippen MR) is 90.7 cm³/mol. The average molecular weight is 371 g/mol. The number of hydrogen-bond donors (Lipinski definition) is 1. The number of aromatic nitrogens is 1. The number of thiophene rings is 1. The maximum absolute atomic E-state index is 4.54. The molecule has 0 unspecified atom stereocenters. The zero-order valence-corrected chi connectivity index (χ0v) is 14.2. The highest BCUT2D eigenvalue weighted by Crippen LogP contribution is 2.30. The molecule has 0 aliphatic carbocycles. The van der Waals surface area contributed by atoms with Crippen LogP contribution in [0.1, 0.15) is 4.88 Å². The molecular weight excluding hydrogens is 360 g/mol. The van der Waals surface area contributed by atoms with Crippen LogP contribution in [-0.4, -0.2) is 11.2 Å². The molecule has 0 saturated carbocycles. The van der Waals surface area contributed by atoms with Crippen molar-refractivity contribution in [2.24, 2.45) is 0 Å². The maximum atomic E-state index is 4.54. The minimum absolute atomic E-state index is 0.857. The quantitative estimate of drug-likeness (QED) is 0.617. The molecule has 0 saturated heterocycles. The molecule has 0 aliphatic rings. The summed E-state index contributed by atoms with van der Waals surface area (Å²) >= 11 is 8.68. The first-order valence-electron chi connectivity index (χ1n) is 5.67. The maximum Gasteiger partial charge on any atom is 0.150 e. The molecule has 0 radical (unpaired) electrons. The van der Waals surface area contributed by atoms with Crippen molar-refractivity contribution in [2.45, 2.75) is 10.9 Å². The third kappa shape index (κ3) is 3.13. The van der Waals surface area contributed by atoms with Crippen LogP contribution in [0.3, 0.4) is 0 Å². The molecule has 0 aliphatic heterocycles. The van der Waals surface area contributed by atoms with E-state index in [1.807, 2.05) is 0 Å². The topological polar surface area (TPSA) is 24.9 Å². The summed E-state index contributed by atoms with van der Waals surface area (Å²) < 4.78 is 3.53. The third-order valence-electron chi connectivity index (χ3n) is 2.64. The standard InChI is InChI=1S/C13H11BrN2S3/c1-17-13-16-10-4-2-8(6-11(10)19-13)15-7-9-3-5-12(14)18-9/h2-6,15H,7H2,1H3. The van der Waals surface area contributed by atoms with Gasteiger partial charge in [-0.1, -0.05) is 11.8 Å². The molecule has 0 amide bonds. The minimum atomic E-state index is 0.857. The number of hydrogen-bond acceptors (Lipinski definition) is 5. The van der Waals surface area contributed by atoms with E-state index < -0.39 is 0 Å². The van der Waals surface area contributed by atoms with Crippen molar-refractivity contribution in [3.63, 3.8) is 0 Å². The third-order valence-corrected chi connectivity index (χ3v) is 6.27. The second-order valence-electron chi connectivity index (χ2n) is 3.93. The largest absolute Gasteiger partial charge is 0.380 e. The summed E-state index contributed by atoms with van der Waals surface area (Å²) in [5, 5.41) is 3.46. The minimum Gasteiger partial charge on any atom is -0.380 e. The first-order valence-corrected chi connectivity index (χ1v) is 9.32. The van der Waals surface area contributed by atoms with Gasteiger partial charge in [-0.15, -0.1) is 22.7 Å². The van der Waals surface area contributed by atoms with Gasteiger partial charge in [0.05, 0.1) is 14.0 Å². The van der Waals surface area contributed by atoms with Crippen molar-refractivity contribution in [3.8, 4) is 0 Å². The van der Waals surface area contributed by atoms with Gasteiger partial charge in [0.25, 0.3) is 0 Å². The Hall–Kier alpha value is -0.560. The molecule has 6 heteroatoms. The van der Waals surface area contributed by atoms with Crippen LogP contribution in [0.15, 0.2) is 38.5 Å².